The van der Waals surface area contributed by atoms with Crippen LogP contribution in [0.4, 0.5) is 0 Å². The molecule has 0 saturated heterocycles. The first-order chi connectivity index (χ1) is 7.36. The summed E-state index contributed by atoms with van der Waals surface area (Å²) in [5, 5.41) is 2.75. The Morgan fingerprint density at radius 3 is 2.56 bits per heavy atom. The molecule has 0 aliphatic rings. The average Bonchev–Trinajstić information content (AvgIpc) is 2.55. The van der Waals surface area contributed by atoms with Gasteiger partial charge in [0.25, 0.3) is 0 Å². The van der Waals surface area contributed by atoms with E-state index in [1.165, 1.54) is 0 Å². The Morgan fingerprint density at radius 1 is 1.50 bits per heavy atom. The molecule has 0 spiro atoms. The molecule has 0 fully saturated rings. The van der Waals surface area contributed by atoms with E-state index in [-0.39, 0.29) is 11.8 Å². The van der Waals surface area contributed by atoms with Crippen molar-refractivity contribution in [2.75, 3.05) is 5.88 Å². The third kappa shape index (κ3) is 2.98. The molecule has 0 unspecified atom stereocenters. The van der Waals surface area contributed by atoms with Gasteiger partial charge < -0.3 is 9.73 Å². The fourth-order valence-corrected chi connectivity index (χ4v) is 1.19. The lowest BCUT2D eigenvalue weighted by Crippen LogP contribution is -2.37. The van der Waals surface area contributed by atoms with Gasteiger partial charge in [-0.15, -0.1) is 11.6 Å². The molecule has 16 heavy (non-hydrogen) atoms. The minimum atomic E-state index is -0.571. The van der Waals surface area contributed by atoms with Gasteiger partial charge in [0.2, 0.25) is 11.8 Å². The van der Waals surface area contributed by atoms with Gasteiger partial charge >= 0.3 is 0 Å². The number of aryl methyl sites for hydroxylation is 2. The lowest BCUT2D eigenvalue weighted by atomic mass is 9.95. The monoisotopic (exact) mass is 244 g/mol. The summed E-state index contributed by atoms with van der Waals surface area (Å²) >= 11 is 5.70. The predicted octanol–water partition coefficient (Wildman–Crippen LogP) is 2.17. The van der Waals surface area contributed by atoms with Crippen LogP contribution in [0.25, 0.3) is 0 Å². The summed E-state index contributed by atoms with van der Waals surface area (Å²) in [5.41, 5.74) is 0.277. The van der Waals surface area contributed by atoms with Gasteiger partial charge in [0.15, 0.2) is 0 Å². The van der Waals surface area contributed by atoms with E-state index in [0.29, 0.717) is 12.4 Å². The van der Waals surface area contributed by atoms with Gasteiger partial charge in [0.1, 0.15) is 5.76 Å². The van der Waals surface area contributed by atoms with Gasteiger partial charge in [-0.05, 0) is 27.7 Å². The Kier molecular flexibility index (Phi) is 3.97. The molecule has 1 amide bonds. The van der Waals surface area contributed by atoms with Crippen LogP contribution in [-0.4, -0.2) is 16.8 Å². The van der Waals surface area contributed by atoms with Crippen molar-refractivity contribution in [1.82, 2.24) is 10.3 Å². The highest BCUT2D eigenvalue weighted by atomic mass is 35.5. The zero-order valence-corrected chi connectivity index (χ0v) is 10.8. The SMILES string of the molecule is Cc1nc(CNC(=O)C(C)(C)CCl)oc1C. The number of alkyl halides is 1. The molecule has 0 saturated carbocycles. The molecule has 0 aliphatic heterocycles. The van der Waals surface area contributed by atoms with Crippen molar-refractivity contribution >= 4 is 17.5 Å². The van der Waals surface area contributed by atoms with Crippen LogP contribution in [0.3, 0.4) is 0 Å². The number of carbonyl (C=O) groups excluding carboxylic acids is 1. The van der Waals surface area contributed by atoms with Crippen molar-refractivity contribution in [2.45, 2.75) is 34.2 Å². The topological polar surface area (TPSA) is 55.1 Å². The first-order valence-corrected chi connectivity index (χ1v) is 5.67. The molecular weight excluding hydrogens is 228 g/mol. The van der Waals surface area contributed by atoms with Crippen LogP contribution in [0.1, 0.15) is 31.2 Å². The summed E-state index contributed by atoms with van der Waals surface area (Å²) < 4.78 is 5.35. The number of halogens is 1. The van der Waals surface area contributed by atoms with E-state index in [2.05, 4.69) is 10.3 Å². The minimum absolute atomic E-state index is 0.101. The first-order valence-electron chi connectivity index (χ1n) is 5.14. The lowest BCUT2D eigenvalue weighted by molar-refractivity contribution is -0.128. The second kappa shape index (κ2) is 4.87. The van der Waals surface area contributed by atoms with Crippen LogP contribution in [-0.2, 0) is 11.3 Å². The maximum Gasteiger partial charge on any atom is 0.227 e. The fourth-order valence-electron chi connectivity index (χ4n) is 1.07. The summed E-state index contributed by atoms with van der Waals surface area (Å²) in [7, 11) is 0. The highest BCUT2D eigenvalue weighted by Crippen LogP contribution is 2.17. The molecule has 1 rings (SSSR count). The molecule has 1 N–H and O–H groups in total. The van der Waals surface area contributed by atoms with Crippen LogP contribution in [0.5, 0.6) is 0 Å². The van der Waals surface area contributed by atoms with Crippen molar-refractivity contribution in [3.8, 4) is 0 Å². The summed E-state index contributed by atoms with van der Waals surface area (Å²) in [4.78, 5) is 15.9. The summed E-state index contributed by atoms with van der Waals surface area (Å²) in [5.74, 6) is 1.48. The summed E-state index contributed by atoms with van der Waals surface area (Å²) in [6, 6.07) is 0. The molecule has 5 heteroatoms. The van der Waals surface area contributed by atoms with Crippen molar-refractivity contribution in [2.24, 2.45) is 5.41 Å². The quantitative estimate of drug-likeness (QED) is 0.826. The first kappa shape index (κ1) is 13.0. The van der Waals surface area contributed by atoms with E-state index in [4.69, 9.17) is 16.0 Å². The largest absolute Gasteiger partial charge is 0.444 e. The van der Waals surface area contributed by atoms with Crippen LogP contribution in [0.15, 0.2) is 4.42 Å². The van der Waals surface area contributed by atoms with Gasteiger partial charge in [-0.2, -0.15) is 0 Å². The molecule has 0 radical (unpaired) electrons. The number of aromatic nitrogens is 1. The van der Waals surface area contributed by atoms with Crippen molar-refractivity contribution in [3.63, 3.8) is 0 Å². The number of carbonyl (C=O) groups is 1. The summed E-state index contributed by atoms with van der Waals surface area (Å²) in [6.45, 7) is 7.60. The van der Waals surface area contributed by atoms with Crippen molar-refractivity contribution in [1.29, 1.82) is 0 Å². The van der Waals surface area contributed by atoms with Crippen molar-refractivity contribution < 1.29 is 9.21 Å². The molecule has 1 heterocycles. The molecular formula is C11H17ClN2O2. The zero-order valence-electron chi connectivity index (χ0n) is 10.1. The molecule has 90 valence electrons. The van der Waals surface area contributed by atoms with E-state index in [0.717, 1.165) is 11.5 Å². The molecule has 0 aliphatic carbocycles. The highest BCUT2D eigenvalue weighted by molar-refractivity contribution is 6.19. The molecule has 4 nitrogen and oxygen atoms in total. The minimum Gasteiger partial charge on any atom is -0.444 e. The Bertz CT molecular complexity index is 366. The van der Waals surface area contributed by atoms with Gasteiger partial charge in [-0.25, -0.2) is 4.98 Å². The third-order valence-electron chi connectivity index (χ3n) is 2.42. The van der Waals surface area contributed by atoms with Crippen LogP contribution < -0.4 is 5.32 Å². The van der Waals surface area contributed by atoms with Gasteiger partial charge in [0, 0.05) is 5.88 Å². The standard InChI is InChI=1S/C11H17ClN2O2/c1-7-8(2)16-9(14-7)5-13-10(15)11(3,4)6-12/h5-6H2,1-4H3,(H,13,15). The third-order valence-corrected chi connectivity index (χ3v) is 3.09. The van der Waals surface area contributed by atoms with Crippen LogP contribution in [0, 0.1) is 19.3 Å². The van der Waals surface area contributed by atoms with E-state index in [9.17, 15) is 4.79 Å². The predicted molar refractivity (Wildman–Crippen MR) is 62.3 cm³/mol. The number of rotatable bonds is 4. The molecule has 0 bridgehead atoms. The molecule has 0 atom stereocenters. The smallest absolute Gasteiger partial charge is 0.227 e. The fraction of sp³-hybridized carbons (Fsp3) is 0.636. The Labute approximate surface area is 100 Å². The van der Waals surface area contributed by atoms with Gasteiger partial charge in [0.05, 0.1) is 17.7 Å². The maximum absolute atomic E-state index is 11.7. The van der Waals surface area contributed by atoms with Gasteiger partial charge in [-0.3, -0.25) is 4.79 Å². The normalized spacial score (nSPS) is 11.6. The average molecular weight is 245 g/mol. The van der Waals surface area contributed by atoms with Gasteiger partial charge in [-0.1, -0.05) is 0 Å². The Morgan fingerprint density at radius 2 is 2.12 bits per heavy atom. The van der Waals surface area contributed by atoms with Crippen LogP contribution >= 0.6 is 11.6 Å². The number of amides is 1. The number of nitrogens with one attached hydrogen (secondary N) is 1. The lowest BCUT2D eigenvalue weighted by Gasteiger charge is -2.19. The Balaban J connectivity index is 2.55. The number of nitrogens with zero attached hydrogens (tertiary/aromatic N) is 1. The van der Waals surface area contributed by atoms with Crippen LogP contribution in [0.2, 0.25) is 0 Å². The second-order valence-corrected chi connectivity index (χ2v) is 4.72. The second-order valence-electron chi connectivity index (χ2n) is 4.45. The number of hydrogen-bond donors (Lipinski definition) is 1. The zero-order chi connectivity index (χ0) is 12.3. The molecule has 1 aromatic rings. The molecule has 1 aromatic heterocycles. The Hall–Kier alpha value is -1.03. The van der Waals surface area contributed by atoms with E-state index in [1.807, 2.05) is 13.8 Å². The van der Waals surface area contributed by atoms with E-state index in [1.54, 1.807) is 13.8 Å². The maximum atomic E-state index is 11.7. The van der Waals surface area contributed by atoms with Crippen molar-refractivity contribution in [3.05, 3.63) is 17.3 Å². The van der Waals surface area contributed by atoms with E-state index >= 15 is 0 Å². The highest BCUT2D eigenvalue weighted by Gasteiger charge is 2.26. The summed E-state index contributed by atoms with van der Waals surface area (Å²) in [6.07, 6.45) is 0. The molecule has 0 aromatic carbocycles. The number of hydrogen-bond acceptors (Lipinski definition) is 3. The number of oxazole rings is 1. The van der Waals surface area contributed by atoms with E-state index < -0.39 is 5.41 Å².